The van der Waals surface area contributed by atoms with E-state index in [1.165, 1.54) is 11.3 Å². The number of hydrogen-bond acceptors (Lipinski definition) is 3. The Balaban J connectivity index is 2.48. The molecule has 1 aromatic rings. The third-order valence-corrected chi connectivity index (χ3v) is 3.43. The maximum Gasteiger partial charge on any atom is 0.265 e. The van der Waals surface area contributed by atoms with Crippen LogP contribution in [-0.4, -0.2) is 29.4 Å². The van der Waals surface area contributed by atoms with Crippen molar-refractivity contribution in [1.29, 1.82) is 0 Å². The van der Waals surface area contributed by atoms with Gasteiger partial charge in [0.05, 0.1) is 5.69 Å². The number of aromatic nitrogens is 1. The van der Waals surface area contributed by atoms with Crippen molar-refractivity contribution in [1.82, 2.24) is 9.88 Å². The highest BCUT2D eigenvalue weighted by Crippen LogP contribution is 2.27. The third kappa shape index (κ3) is 1.17. The lowest BCUT2D eigenvalue weighted by atomic mass is 10.2. The second kappa shape index (κ2) is 2.81. The van der Waals surface area contributed by atoms with Crippen LogP contribution in [0.15, 0.2) is 3.92 Å². The van der Waals surface area contributed by atoms with Gasteiger partial charge < -0.3 is 4.90 Å². The first-order chi connectivity index (χ1) is 5.68. The summed E-state index contributed by atoms with van der Waals surface area (Å²) in [6.45, 7) is 0.780. The molecule has 3 nitrogen and oxygen atoms in total. The van der Waals surface area contributed by atoms with Crippen LogP contribution in [0.1, 0.15) is 15.4 Å². The Morgan fingerprint density at radius 1 is 1.67 bits per heavy atom. The molecule has 0 atom stereocenters. The molecule has 0 unspecified atom stereocenters. The lowest BCUT2D eigenvalue weighted by molar-refractivity contribution is 0.0785. The SMILES string of the molecule is CN1CCc2nc(Br)sc2C1=O. The first-order valence-electron chi connectivity index (χ1n) is 3.59. The molecule has 0 saturated heterocycles. The first kappa shape index (κ1) is 8.19. The molecule has 64 valence electrons. The van der Waals surface area contributed by atoms with Gasteiger partial charge in [0, 0.05) is 20.0 Å². The van der Waals surface area contributed by atoms with E-state index < -0.39 is 0 Å². The van der Waals surface area contributed by atoms with Crippen LogP contribution in [0.4, 0.5) is 0 Å². The van der Waals surface area contributed by atoms with Crippen molar-refractivity contribution in [2.24, 2.45) is 0 Å². The molecular weight excluding hydrogens is 240 g/mol. The number of hydrogen-bond donors (Lipinski definition) is 0. The van der Waals surface area contributed by atoms with Crippen LogP contribution in [0.2, 0.25) is 0 Å². The van der Waals surface area contributed by atoms with Crippen molar-refractivity contribution in [3.05, 3.63) is 14.5 Å². The average molecular weight is 247 g/mol. The monoisotopic (exact) mass is 246 g/mol. The minimum absolute atomic E-state index is 0.0967. The lowest BCUT2D eigenvalue weighted by Gasteiger charge is -2.20. The van der Waals surface area contributed by atoms with Crippen LogP contribution in [0, 0.1) is 0 Å². The molecule has 1 aromatic heterocycles. The van der Waals surface area contributed by atoms with E-state index in [0.717, 1.165) is 27.5 Å². The maximum absolute atomic E-state index is 11.5. The molecule has 1 aliphatic heterocycles. The third-order valence-electron chi connectivity index (χ3n) is 1.90. The second-order valence-electron chi connectivity index (χ2n) is 2.72. The first-order valence-corrected chi connectivity index (χ1v) is 5.20. The summed E-state index contributed by atoms with van der Waals surface area (Å²) in [4.78, 5) is 18.2. The number of rotatable bonds is 0. The van der Waals surface area contributed by atoms with Crippen LogP contribution in [0.25, 0.3) is 0 Å². The fourth-order valence-electron chi connectivity index (χ4n) is 1.21. The maximum atomic E-state index is 11.5. The van der Waals surface area contributed by atoms with Gasteiger partial charge in [-0.1, -0.05) is 0 Å². The van der Waals surface area contributed by atoms with Crippen molar-refractivity contribution >= 4 is 33.2 Å². The Morgan fingerprint density at radius 3 is 3.17 bits per heavy atom. The summed E-state index contributed by atoms with van der Waals surface area (Å²) in [5.41, 5.74) is 0.940. The molecule has 0 spiro atoms. The average Bonchev–Trinajstić information content (AvgIpc) is 2.39. The quantitative estimate of drug-likeness (QED) is 0.696. The number of nitrogens with zero attached hydrogens (tertiary/aromatic N) is 2. The van der Waals surface area contributed by atoms with Gasteiger partial charge in [0.25, 0.3) is 5.91 Å². The van der Waals surface area contributed by atoms with Crippen LogP contribution in [0.3, 0.4) is 0 Å². The zero-order chi connectivity index (χ0) is 8.72. The van der Waals surface area contributed by atoms with Gasteiger partial charge in [0.15, 0.2) is 3.92 Å². The van der Waals surface area contributed by atoms with E-state index in [1.54, 1.807) is 4.90 Å². The van der Waals surface area contributed by atoms with Crippen molar-refractivity contribution in [2.75, 3.05) is 13.6 Å². The smallest absolute Gasteiger partial charge is 0.265 e. The Kier molecular flexibility index (Phi) is 1.92. The Labute approximate surface area is 82.5 Å². The van der Waals surface area contributed by atoms with Gasteiger partial charge in [-0.25, -0.2) is 4.98 Å². The summed E-state index contributed by atoms with van der Waals surface area (Å²) in [7, 11) is 1.82. The van der Waals surface area contributed by atoms with Crippen molar-refractivity contribution in [2.45, 2.75) is 6.42 Å². The number of fused-ring (bicyclic) bond motifs is 1. The zero-order valence-corrected chi connectivity index (χ0v) is 8.91. The van der Waals surface area contributed by atoms with Crippen molar-refractivity contribution in [3.8, 4) is 0 Å². The molecule has 0 aromatic carbocycles. The normalized spacial score (nSPS) is 16.5. The number of halogens is 1. The highest BCUT2D eigenvalue weighted by molar-refractivity contribution is 9.11. The molecule has 0 saturated carbocycles. The van der Waals surface area contributed by atoms with E-state index in [1.807, 2.05) is 7.05 Å². The van der Waals surface area contributed by atoms with E-state index in [-0.39, 0.29) is 5.91 Å². The molecule has 0 bridgehead atoms. The van der Waals surface area contributed by atoms with Crippen LogP contribution in [-0.2, 0) is 6.42 Å². The van der Waals surface area contributed by atoms with Crippen molar-refractivity contribution in [3.63, 3.8) is 0 Å². The van der Waals surface area contributed by atoms with Gasteiger partial charge in [-0.3, -0.25) is 4.79 Å². The fourth-order valence-corrected chi connectivity index (χ4v) is 2.74. The second-order valence-corrected chi connectivity index (χ2v) is 4.99. The Hall–Kier alpha value is -0.420. The minimum Gasteiger partial charge on any atom is -0.341 e. The number of likely N-dealkylation sites (N-methyl/N-ethyl adjacent to an activating group) is 1. The number of amides is 1. The van der Waals surface area contributed by atoms with Crippen LogP contribution < -0.4 is 0 Å². The molecular formula is C7H7BrN2OS. The molecule has 0 N–H and O–H groups in total. The van der Waals surface area contributed by atoms with E-state index in [9.17, 15) is 4.79 Å². The standard InChI is InChI=1S/C7H7BrN2OS/c1-10-3-2-4-5(6(10)11)12-7(8)9-4/h2-3H2,1H3. The van der Waals surface area contributed by atoms with Crippen LogP contribution >= 0.6 is 27.3 Å². The van der Waals surface area contributed by atoms with Gasteiger partial charge in [-0.05, 0) is 15.9 Å². The molecule has 12 heavy (non-hydrogen) atoms. The summed E-state index contributed by atoms with van der Waals surface area (Å²) in [5.74, 6) is 0.0967. The van der Waals surface area contributed by atoms with E-state index >= 15 is 0 Å². The summed E-state index contributed by atoms with van der Waals surface area (Å²) in [6.07, 6.45) is 0.875. The van der Waals surface area contributed by atoms with E-state index in [0.29, 0.717) is 0 Å². The minimum atomic E-state index is 0.0967. The Morgan fingerprint density at radius 2 is 2.42 bits per heavy atom. The number of thiazole rings is 1. The molecule has 2 rings (SSSR count). The summed E-state index contributed by atoms with van der Waals surface area (Å²) < 4.78 is 0.802. The molecule has 1 amide bonds. The largest absolute Gasteiger partial charge is 0.341 e. The van der Waals surface area contributed by atoms with Gasteiger partial charge in [-0.2, -0.15) is 0 Å². The highest BCUT2D eigenvalue weighted by Gasteiger charge is 2.25. The molecule has 2 heterocycles. The van der Waals surface area contributed by atoms with Gasteiger partial charge in [-0.15, -0.1) is 11.3 Å². The molecule has 0 aliphatic carbocycles. The van der Waals surface area contributed by atoms with Gasteiger partial charge in [0.2, 0.25) is 0 Å². The fraction of sp³-hybridized carbons (Fsp3) is 0.429. The predicted octanol–water partition coefficient (Wildman–Crippen LogP) is 1.53. The highest BCUT2D eigenvalue weighted by atomic mass is 79.9. The topological polar surface area (TPSA) is 33.2 Å². The molecule has 1 aliphatic rings. The number of carbonyl (C=O) groups excluding carboxylic acids is 1. The summed E-state index contributed by atoms with van der Waals surface area (Å²) in [6, 6.07) is 0. The van der Waals surface area contributed by atoms with E-state index in [2.05, 4.69) is 20.9 Å². The number of carbonyl (C=O) groups is 1. The lowest BCUT2D eigenvalue weighted by Crippen LogP contribution is -2.33. The molecule has 0 fully saturated rings. The van der Waals surface area contributed by atoms with E-state index in [4.69, 9.17) is 0 Å². The summed E-state index contributed by atoms with van der Waals surface area (Å²) >= 11 is 4.69. The van der Waals surface area contributed by atoms with Crippen LogP contribution in [0.5, 0.6) is 0 Å². The zero-order valence-electron chi connectivity index (χ0n) is 6.50. The van der Waals surface area contributed by atoms with Crippen molar-refractivity contribution < 1.29 is 4.79 Å². The van der Waals surface area contributed by atoms with Gasteiger partial charge >= 0.3 is 0 Å². The molecule has 5 heteroatoms. The Bertz CT molecular complexity index is 336. The molecule has 0 radical (unpaired) electrons. The summed E-state index contributed by atoms with van der Waals surface area (Å²) in [5, 5.41) is 0. The van der Waals surface area contributed by atoms with Gasteiger partial charge in [0.1, 0.15) is 4.88 Å². The predicted molar refractivity (Wildman–Crippen MR) is 50.5 cm³/mol.